The second-order valence-corrected chi connectivity index (χ2v) is 9.41. The van der Waals surface area contributed by atoms with Crippen LogP contribution in [0, 0.1) is 5.92 Å². The molecular formula is C31H36N2O9. The van der Waals surface area contributed by atoms with E-state index in [4.69, 9.17) is 33.2 Å². The lowest BCUT2D eigenvalue weighted by atomic mass is 9.83. The number of methoxy groups -OCH3 is 7. The first-order valence-corrected chi connectivity index (χ1v) is 13.2. The Kier molecular flexibility index (Phi) is 9.51. The number of hydrogen-bond donors (Lipinski definition) is 1. The summed E-state index contributed by atoms with van der Waals surface area (Å²) in [6, 6.07) is 13.4. The van der Waals surface area contributed by atoms with Gasteiger partial charge in [0.05, 0.1) is 67.4 Å². The van der Waals surface area contributed by atoms with Gasteiger partial charge in [-0.2, -0.15) is 0 Å². The van der Waals surface area contributed by atoms with Gasteiger partial charge >= 0.3 is 0 Å². The zero-order chi connectivity index (χ0) is 30.4. The Bertz CT molecular complexity index is 1370. The van der Waals surface area contributed by atoms with E-state index in [1.54, 1.807) is 48.4 Å². The molecule has 11 heteroatoms. The van der Waals surface area contributed by atoms with Gasteiger partial charge in [0, 0.05) is 36.4 Å². The van der Waals surface area contributed by atoms with Crippen LogP contribution in [0.25, 0.3) is 0 Å². The number of nitrogens with zero attached hydrogens (tertiary/aromatic N) is 1. The molecule has 0 radical (unpaired) electrons. The highest BCUT2D eigenvalue weighted by Gasteiger charge is 2.42. The van der Waals surface area contributed by atoms with Crippen molar-refractivity contribution in [2.75, 3.05) is 60.0 Å². The van der Waals surface area contributed by atoms with Gasteiger partial charge in [0.1, 0.15) is 5.75 Å². The molecule has 1 heterocycles. The second-order valence-electron chi connectivity index (χ2n) is 9.41. The fraction of sp³-hybridized carbons (Fsp3) is 0.355. The molecule has 224 valence electrons. The highest BCUT2D eigenvalue weighted by atomic mass is 16.5. The van der Waals surface area contributed by atoms with Crippen molar-refractivity contribution in [1.29, 1.82) is 0 Å². The van der Waals surface area contributed by atoms with Crippen molar-refractivity contribution < 1.29 is 42.7 Å². The molecule has 42 heavy (non-hydrogen) atoms. The minimum atomic E-state index is -0.665. The Morgan fingerprint density at radius 2 is 1.21 bits per heavy atom. The predicted molar refractivity (Wildman–Crippen MR) is 157 cm³/mol. The monoisotopic (exact) mass is 580 g/mol. The number of anilines is 2. The number of hydrogen-bond acceptors (Lipinski definition) is 9. The third kappa shape index (κ3) is 5.81. The van der Waals surface area contributed by atoms with E-state index in [0.717, 1.165) is 5.56 Å². The Morgan fingerprint density at radius 3 is 1.67 bits per heavy atom. The van der Waals surface area contributed by atoms with E-state index < -0.39 is 12.0 Å². The minimum Gasteiger partial charge on any atom is -0.497 e. The number of ether oxygens (including phenoxy) is 7. The molecule has 1 N–H and O–H groups in total. The van der Waals surface area contributed by atoms with Crippen LogP contribution in [0.4, 0.5) is 11.4 Å². The summed E-state index contributed by atoms with van der Waals surface area (Å²) in [6.45, 7) is 0. The molecule has 0 bridgehead atoms. The van der Waals surface area contributed by atoms with Crippen LogP contribution in [-0.4, -0.2) is 61.6 Å². The van der Waals surface area contributed by atoms with Crippen LogP contribution in [0.2, 0.25) is 0 Å². The van der Waals surface area contributed by atoms with Crippen LogP contribution in [0.15, 0.2) is 48.5 Å². The molecule has 3 aromatic carbocycles. The standard InChI is InChI=1S/C31H36N2O9/c1-36-21-10-8-18(9-11-21)28-22(31(35)32-19-14-23(37-2)29(41-6)24(15-19)38-3)12-13-27(34)33(28)20-16-25(39-4)30(42-7)26(17-20)40-5/h8-11,14-17,22,28H,12-13H2,1-7H3,(H,32,35)/t22-,28+/m1/s1. The van der Waals surface area contributed by atoms with Gasteiger partial charge in [0.25, 0.3) is 0 Å². The van der Waals surface area contributed by atoms with Gasteiger partial charge in [-0.25, -0.2) is 0 Å². The number of carbonyl (C=O) groups is 2. The lowest BCUT2D eigenvalue weighted by molar-refractivity contribution is -0.125. The van der Waals surface area contributed by atoms with Crippen LogP contribution in [0.3, 0.4) is 0 Å². The molecule has 2 atom stereocenters. The van der Waals surface area contributed by atoms with E-state index in [2.05, 4.69) is 5.32 Å². The first kappa shape index (κ1) is 30.2. The molecule has 1 fully saturated rings. The van der Waals surface area contributed by atoms with E-state index in [-0.39, 0.29) is 18.2 Å². The Balaban J connectivity index is 1.81. The first-order chi connectivity index (χ1) is 20.3. The van der Waals surface area contributed by atoms with Crippen LogP contribution in [-0.2, 0) is 9.59 Å². The maximum atomic E-state index is 14.0. The summed E-state index contributed by atoms with van der Waals surface area (Å²) in [6.07, 6.45) is 0.476. The van der Waals surface area contributed by atoms with Crippen molar-refractivity contribution in [1.82, 2.24) is 0 Å². The van der Waals surface area contributed by atoms with Crippen LogP contribution < -0.4 is 43.4 Å². The zero-order valence-corrected chi connectivity index (χ0v) is 24.8. The van der Waals surface area contributed by atoms with Crippen LogP contribution >= 0.6 is 0 Å². The highest BCUT2D eigenvalue weighted by molar-refractivity contribution is 6.01. The molecule has 1 aliphatic heterocycles. The topological polar surface area (TPSA) is 114 Å². The van der Waals surface area contributed by atoms with E-state index in [9.17, 15) is 9.59 Å². The minimum absolute atomic E-state index is 0.149. The molecule has 0 aromatic heterocycles. The van der Waals surface area contributed by atoms with Crippen molar-refractivity contribution in [3.05, 3.63) is 54.1 Å². The van der Waals surface area contributed by atoms with E-state index in [0.29, 0.717) is 58.0 Å². The van der Waals surface area contributed by atoms with Gasteiger partial charge in [-0.15, -0.1) is 0 Å². The zero-order valence-electron chi connectivity index (χ0n) is 24.8. The Labute approximate surface area is 245 Å². The number of piperidine rings is 1. The number of carbonyl (C=O) groups excluding carboxylic acids is 2. The normalized spacial score (nSPS) is 16.4. The Hall–Kier alpha value is -4.80. The van der Waals surface area contributed by atoms with Gasteiger partial charge in [-0.05, 0) is 24.1 Å². The summed E-state index contributed by atoms with van der Waals surface area (Å²) in [4.78, 5) is 29.3. The average Bonchev–Trinajstić information content (AvgIpc) is 3.03. The molecule has 1 aliphatic rings. The molecule has 2 amide bonds. The summed E-state index contributed by atoms with van der Waals surface area (Å²) < 4.78 is 38.3. The number of nitrogens with one attached hydrogen (secondary N) is 1. The summed E-state index contributed by atoms with van der Waals surface area (Å²) in [7, 11) is 10.6. The van der Waals surface area contributed by atoms with Crippen LogP contribution in [0.1, 0.15) is 24.4 Å². The molecule has 0 unspecified atom stereocenters. The van der Waals surface area contributed by atoms with Crippen molar-refractivity contribution in [3.63, 3.8) is 0 Å². The third-order valence-corrected chi connectivity index (χ3v) is 7.25. The van der Waals surface area contributed by atoms with E-state index in [1.165, 1.54) is 42.7 Å². The summed E-state index contributed by atoms with van der Waals surface area (Å²) in [5, 5.41) is 3.00. The van der Waals surface area contributed by atoms with Gasteiger partial charge in [-0.1, -0.05) is 12.1 Å². The van der Waals surface area contributed by atoms with Crippen LogP contribution in [0.5, 0.6) is 40.2 Å². The smallest absolute Gasteiger partial charge is 0.229 e. The molecule has 3 aromatic rings. The average molecular weight is 581 g/mol. The quantitative estimate of drug-likeness (QED) is 0.339. The molecule has 11 nitrogen and oxygen atoms in total. The molecule has 4 rings (SSSR count). The lowest BCUT2D eigenvalue weighted by Crippen LogP contribution is -2.47. The lowest BCUT2D eigenvalue weighted by Gasteiger charge is -2.41. The maximum absolute atomic E-state index is 14.0. The summed E-state index contributed by atoms with van der Waals surface area (Å²) >= 11 is 0. The third-order valence-electron chi connectivity index (χ3n) is 7.25. The Morgan fingerprint density at radius 1 is 0.714 bits per heavy atom. The van der Waals surface area contributed by atoms with Crippen molar-refractivity contribution in [3.8, 4) is 40.2 Å². The van der Waals surface area contributed by atoms with Crippen molar-refractivity contribution in [2.45, 2.75) is 18.9 Å². The second kappa shape index (κ2) is 13.2. The number of benzene rings is 3. The fourth-order valence-corrected chi connectivity index (χ4v) is 5.25. The largest absolute Gasteiger partial charge is 0.497 e. The summed E-state index contributed by atoms with van der Waals surface area (Å²) in [5.41, 5.74) is 1.71. The summed E-state index contributed by atoms with van der Waals surface area (Å²) in [5.74, 6) is 1.96. The molecular weight excluding hydrogens is 544 g/mol. The maximum Gasteiger partial charge on any atom is 0.229 e. The molecule has 0 saturated carbocycles. The molecule has 1 saturated heterocycles. The predicted octanol–water partition coefficient (Wildman–Crippen LogP) is 4.87. The van der Waals surface area contributed by atoms with Crippen molar-refractivity contribution in [2.24, 2.45) is 5.92 Å². The molecule has 0 aliphatic carbocycles. The van der Waals surface area contributed by atoms with Gasteiger partial charge in [0.15, 0.2) is 23.0 Å². The van der Waals surface area contributed by atoms with Gasteiger partial charge < -0.3 is 43.4 Å². The van der Waals surface area contributed by atoms with E-state index in [1.807, 2.05) is 12.1 Å². The van der Waals surface area contributed by atoms with Gasteiger partial charge in [0.2, 0.25) is 23.3 Å². The van der Waals surface area contributed by atoms with E-state index >= 15 is 0 Å². The fourth-order valence-electron chi connectivity index (χ4n) is 5.25. The van der Waals surface area contributed by atoms with Gasteiger partial charge in [-0.3, -0.25) is 9.59 Å². The SMILES string of the molecule is COc1ccc([C@H]2[C@H](C(=O)Nc3cc(OC)c(OC)c(OC)c3)CCC(=O)N2c2cc(OC)c(OC)c(OC)c2)cc1. The first-order valence-electron chi connectivity index (χ1n) is 13.2. The number of rotatable bonds is 11. The highest BCUT2D eigenvalue weighted by Crippen LogP contribution is 2.47. The molecule has 0 spiro atoms. The van der Waals surface area contributed by atoms with Crippen molar-refractivity contribution >= 4 is 23.2 Å². The number of amides is 2.